The van der Waals surface area contributed by atoms with Crippen molar-refractivity contribution in [3.05, 3.63) is 0 Å². The Labute approximate surface area is 61.5 Å². The Balaban J connectivity index is 3.27. The van der Waals surface area contributed by atoms with Gasteiger partial charge in [-0.05, 0) is 14.0 Å². The van der Waals surface area contributed by atoms with Crippen molar-refractivity contribution in [1.82, 2.24) is 4.90 Å². The lowest BCUT2D eigenvalue weighted by Gasteiger charge is -2.18. The second kappa shape index (κ2) is 5.61. The quantitative estimate of drug-likeness (QED) is 0.501. The number of likely N-dealkylation sites (N-methyl/N-ethyl adjacent to an activating group) is 1. The first-order valence-electron chi connectivity index (χ1n) is 3.35. The van der Waals surface area contributed by atoms with E-state index >= 15 is 0 Å². The van der Waals surface area contributed by atoms with E-state index in [1.54, 1.807) is 0 Å². The molecule has 0 fully saturated rings. The van der Waals surface area contributed by atoms with Gasteiger partial charge in [0, 0.05) is 13.1 Å². The lowest BCUT2D eigenvalue weighted by Crippen LogP contribution is -2.32. The summed E-state index contributed by atoms with van der Waals surface area (Å²) in [5, 5.41) is 8.51. The number of rotatable bonds is 5. The van der Waals surface area contributed by atoms with Crippen molar-refractivity contribution in [2.75, 3.05) is 26.7 Å². The number of nitrogens with zero attached hydrogens (tertiary/aromatic N) is 1. The molecule has 0 aliphatic rings. The Bertz CT molecular complexity index is 80.1. The van der Waals surface area contributed by atoms with Gasteiger partial charge < -0.3 is 14.8 Å². The van der Waals surface area contributed by atoms with Gasteiger partial charge in [0.15, 0.2) is 0 Å². The summed E-state index contributed by atoms with van der Waals surface area (Å²) in [4.78, 5) is 6.50. The van der Waals surface area contributed by atoms with Crippen LogP contribution in [0.25, 0.3) is 0 Å². The number of hydrogen-bond acceptors (Lipinski definition) is 4. The highest BCUT2D eigenvalue weighted by molar-refractivity contribution is 4.55. The largest absolute Gasteiger partial charge is 0.395 e. The van der Waals surface area contributed by atoms with Crippen LogP contribution in [0.2, 0.25) is 0 Å². The summed E-state index contributed by atoms with van der Waals surface area (Å²) in [7, 11) is 1.91. The highest BCUT2D eigenvalue weighted by Crippen LogP contribution is 1.89. The predicted octanol–water partition coefficient (Wildman–Crippen LogP) is -0.811. The molecule has 0 spiro atoms. The maximum absolute atomic E-state index is 8.51. The van der Waals surface area contributed by atoms with Crippen LogP contribution in [0.4, 0.5) is 0 Å². The van der Waals surface area contributed by atoms with Gasteiger partial charge in [-0.1, -0.05) is 0 Å². The molecule has 0 saturated carbocycles. The molecule has 0 aromatic rings. The Hall–Kier alpha value is -0.160. The molecule has 0 saturated heterocycles. The molecule has 3 N–H and O–H groups in total. The van der Waals surface area contributed by atoms with E-state index in [2.05, 4.69) is 4.84 Å². The first-order chi connectivity index (χ1) is 4.70. The third kappa shape index (κ3) is 4.69. The molecule has 0 aromatic carbocycles. The van der Waals surface area contributed by atoms with Crippen LogP contribution in [-0.2, 0) is 4.84 Å². The molecule has 0 heterocycles. The molecule has 4 nitrogen and oxygen atoms in total. The second-order valence-corrected chi connectivity index (χ2v) is 2.43. The van der Waals surface area contributed by atoms with E-state index in [0.717, 1.165) is 6.54 Å². The lowest BCUT2D eigenvalue weighted by molar-refractivity contribution is 0.0401. The van der Waals surface area contributed by atoms with Gasteiger partial charge >= 0.3 is 0 Å². The van der Waals surface area contributed by atoms with Gasteiger partial charge in [-0.3, -0.25) is 0 Å². The smallest absolute Gasteiger partial charge is 0.0885 e. The zero-order chi connectivity index (χ0) is 7.98. The first-order valence-corrected chi connectivity index (χ1v) is 3.35. The standard InChI is InChI=1S/C6H16N2O2/c1-6(10-7)5-8(2)3-4-9/h6,9H,3-5,7H2,1-2H3. The van der Waals surface area contributed by atoms with Crippen molar-refractivity contribution in [3.63, 3.8) is 0 Å². The van der Waals surface area contributed by atoms with Gasteiger partial charge in [-0.15, -0.1) is 0 Å². The fraction of sp³-hybridized carbons (Fsp3) is 1.00. The molecule has 0 aromatic heterocycles. The fourth-order valence-corrected chi connectivity index (χ4v) is 0.744. The van der Waals surface area contributed by atoms with Gasteiger partial charge in [0.1, 0.15) is 0 Å². The van der Waals surface area contributed by atoms with E-state index in [0.29, 0.717) is 6.54 Å². The maximum atomic E-state index is 8.51. The van der Waals surface area contributed by atoms with Crippen LogP contribution >= 0.6 is 0 Å². The average Bonchev–Trinajstić information content (AvgIpc) is 1.88. The summed E-state index contributed by atoms with van der Waals surface area (Å²) < 4.78 is 0. The van der Waals surface area contributed by atoms with E-state index < -0.39 is 0 Å². The van der Waals surface area contributed by atoms with Crippen LogP contribution in [0.3, 0.4) is 0 Å². The summed E-state index contributed by atoms with van der Waals surface area (Å²) in [5.74, 6) is 4.93. The monoisotopic (exact) mass is 148 g/mol. The number of nitrogens with two attached hydrogens (primary N) is 1. The highest BCUT2D eigenvalue weighted by Gasteiger charge is 2.03. The van der Waals surface area contributed by atoms with Crippen LogP contribution in [0.5, 0.6) is 0 Å². The minimum Gasteiger partial charge on any atom is -0.395 e. The van der Waals surface area contributed by atoms with Crippen LogP contribution in [0, 0.1) is 0 Å². The Morgan fingerprint density at radius 3 is 2.70 bits per heavy atom. The van der Waals surface area contributed by atoms with Crippen LogP contribution < -0.4 is 5.90 Å². The lowest BCUT2D eigenvalue weighted by atomic mass is 10.4. The van der Waals surface area contributed by atoms with E-state index in [4.69, 9.17) is 11.0 Å². The summed E-state index contributed by atoms with van der Waals surface area (Å²) >= 11 is 0. The van der Waals surface area contributed by atoms with E-state index in [1.165, 1.54) is 0 Å². The minimum absolute atomic E-state index is 0.0246. The molecular weight excluding hydrogens is 132 g/mol. The summed E-state index contributed by atoms with van der Waals surface area (Å²) in [6.07, 6.45) is 0.0246. The summed E-state index contributed by atoms with van der Waals surface area (Å²) in [5.41, 5.74) is 0. The van der Waals surface area contributed by atoms with Crippen LogP contribution in [-0.4, -0.2) is 42.9 Å². The van der Waals surface area contributed by atoms with Crippen molar-refractivity contribution in [1.29, 1.82) is 0 Å². The van der Waals surface area contributed by atoms with Crippen molar-refractivity contribution in [2.24, 2.45) is 5.90 Å². The van der Waals surface area contributed by atoms with Gasteiger partial charge in [0.05, 0.1) is 12.7 Å². The molecule has 1 unspecified atom stereocenters. The first kappa shape index (κ1) is 9.84. The molecule has 10 heavy (non-hydrogen) atoms. The van der Waals surface area contributed by atoms with Gasteiger partial charge in [-0.2, -0.15) is 0 Å². The number of aliphatic hydroxyl groups excluding tert-OH is 1. The van der Waals surface area contributed by atoms with Crippen molar-refractivity contribution < 1.29 is 9.94 Å². The molecule has 0 radical (unpaired) electrons. The Kier molecular flexibility index (Phi) is 5.52. The molecule has 62 valence electrons. The predicted molar refractivity (Wildman–Crippen MR) is 39.3 cm³/mol. The van der Waals surface area contributed by atoms with Crippen molar-refractivity contribution in [3.8, 4) is 0 Å². The van der Waals surface area contributed by atoms with Crippen LogP contribution in [0.1, 0.15) is 6.92 Å². The number of hydrogen-bond donors (Lipinski definition) is 2. The Morgan fingerprint density at radius 1 is 1.70 bits per heavy atom. The number of aliphatic hydroxyl groups is 1. The molecule has 0 aliphatic carbocycles. The van der Waals surface area contributed by atoms with Crippen molar-refractivity contribution >= 4 is 0 Å². The average molecular weight is 148 g/mol. The molecule has 0 rings (SSSR count). The zero-order valence-corrected chi connectivity index (χ0v) is 6.58. The molecular formula is C6H16N2O2. The minimum atomic E-state index is 0.0246. The summed E-state index contributed by atoms with van der Waals surface area (Å²) in [6, 6.07) is 0. The second-order valence-electron chi connectivity index (χ2n) is 2.43. The SMILES string of the molecule is CC(CN(C)CCO)ON. The van der Waals surface area contributed by atoms with Crippen molar-refractivity contribution in [2.45, 2.75) is 13.0 Å². The van der Waals surface area contributed by atoms with Gasteiger partial charge in [-0.25, -0.2) is 5.90 Å². The molecule has 0 amide bonds. The third-order valence-electron chi connectivity index (χ3n) is 1.28. The van der Waals surface area contributed by atoms with Gasteiger partial charge in [0.25, 0.3) is 0 Å². The van der Waals surface area contributed by atoms with E-state index in [1.807, 2.05) is 18.9 Å². The zero-order valence-electron chi connectivity index (χ0n) is 6.58. The van der Waals surface area contributed by atoms with E-state index in [9.17, 15) is 0 Å². The third-order valence-corrected chi connectivity index (χ3v) is 1.28. The molecule has 0 bridgehead atoms. The molecule has 1 atom stereocenters. The molecule has 4 heteroatoms. The highest BCUT2D eigenvalue weighted by atomic mass is 16.6. The summed E-state index contributed by atoms with van der Waals surface area (Å²) in [6.45, 7) is 3.46. The maximum Gasteiger partial charge on any atom is 0.0885 e. The van der Waals surface area contributed by atoms with E-state index in [-0.39, 0.29) is 12.7 Å². The molecule has 0 aliphatic heterocycles. The topological polar surface area (TPSA) is 58.7 Å². The Morgan fingerprint density at radius 2 is 2.30 bits per heavy atom. The van der Waals surface area contributed by atoms with Gasteiger partial charge in [0.2, 0.25) is 0 Å². The fourth-order valence-electron chi connectivity index (χ4n) is 0.744. The van der Waals surface area contributed by atoms with Crippen LogP contribution in [0.15, 0.2) is 0 Å². The normalized spacial score (nSPS) is 14.1.